The molecule has 0 aliphatic heterocycles. The van der Waals surface area contributed by atoms with Crippen LogP contribution in [-0.4, -0.2) is 26.4 Å². The summed E-state index contributed by atoms with van der Waals surface area (Å²) in [5.74, 6) is 2.03. The second-order valence-corrected chi connectivity index (χ2v) is 10.8. The van der Waals surface area contributed by atoms with Gasteiger partial charge in [0, 0.05) is 23.1 Å². The quantitative estimate of drug-likeness (QED) is 0.417. The van der Waals surface area contributed by atoms with Gasteiger partial charge in [0.05, 0.1) is 11.8 Å². The van der Waals surface area contributed by atoms with E-state index < -0.39 is 0 Å². The zero-order chi connectivity index (χ0) is 22.6. The number of nitrogens with one attached hydrogen (secondary N) is 1. The van der Waals surface area contributed by atoms with Crippen LogP contribution < -0.4 is 5.32 Å². The molecule has 0 aromatic carbocycles. The SMILES string of the molecule is N#Cc1c(NC(=O)CCSc2nnc(-c3ccco3)n2C2CCCCC2)sc2c1CCCC2. The number of hydrogen-bond donors (Lipinski definition) is 1. The number of anilines is 1. The van der Waals surface area contributed by atoms with E-state index in [0.29, 0.717) is 28.8 Å². The number of nitrogens with zero attached hydrogens (tertiary/aromatic N) is 4. The van der Waals surface area contributed by atoms with E-state index in [0.717, 1.165) is 60.8 Å². The lowest BCUT2D eigenvalue weighted by Crippen LogP contribution is -2.16. The maximum absolute atomic E-state index is 12.7. The lowest BCUT2D eigenvalue weighted by molar-refractivity contribution is -0.115. The van der Waals surface area contributed by atoms with Gasteiger partial charge in [-0.25, -0.2) is 0 Å². The average Bonchev–Trinajstić information content (AvgIpc) is 3.57. The van der Waals surface area contributed by atoms with Gasteiger partial charge in [-0.15, -0.1) is 21.5 Å². The molecule has 1 fully saturated rings. The molecule has 33 heavy (non-hydrogen) atoms. The van der Waals surface area contributed by atoms with Crippen molar-refractivity contribution >= 4 is 34.0 Å². The molecule has 5 rings (SSSR count). The van der Waals surface area contributed by atoms with Gasteiger partial charge in [0.1, 0.15) is 11.1 Å². The van der Waals surface area contributed by atoms with Crippen molar-refractivity contribution in [3.8, 4) is 17.7 Å². The van der Waals surface area contributed by atoms with Crippen molar-refractivity contribution < 1.29 is 9.21 Å². The topological polar surface area (TPSA) is 96.7 Å². The Kier molecular flexibility index (Phi) is 6.83. The smallest absolute Gasteiger partial charge is 0.225 e. The Bertz CT molecular complexity index is 1150. The lowest BCUT2D eigenvalue weighted by Gasteiger charge is -2.25. The highest BCUT2D eigenvalue weighted by molar-refractivity contribution is 7.99. The van der Waals surface area contributed by atoms with Crippen LogP contribution in [0.4, 0.5) is 5.00 Å². The summed E-state index contributed by atoms with van der Waals surface area (Å²) in [6.45, 7) is 0. The number of rotatable bonds is 7. The molecule has 3 aromatic heterocycles. The van der Waals surface area contributed by atoms with Crippen LogP contribution >= 0.6 is 23.1 Å². The third kappa shape index (κ3) is 4.73. The fourth-order valence-corrected chi connectivity index (χ4v) is 7.01. The van der Waals surface area contributed by atoms with Crippen molar-refractivity contribution in [1.29, 1.82) is 5.26 Å². The molecule has 1 N–H and O–H groups in total. The first kappa shape index (κ1) is 22.2. The van der Waals surface area contributed by atoms with E-state index in [4.69, 9.17) is 4.42 Å². The van der Waals surface area contributed by atoms with Crippen molar-refractivity contribution in [3.05, 3.63) is 34.4 Å². The third-order valence-electron chi connectivity index (χ3n) is 6.44. The molecule has 2 aliphatic rings. The average molecular weight is 482 g/mol. The highest BCUT2D eigenvalue weighted by atomic mass is 32.2. The second-order valence-electron chi connectivity index (χ2n) is 8.62. The Morgan fingerprint density at radius 3 is 2.88 bits per heavy atom. The van der Waals surface area contributed by atoms with Gasteiger partial charge in [-0.2, -0.15) is 5.26 Å². The fourth-order valence-electron chi connectivity index (χ4n) is 4.81. The Balaban J connectivity index is 1.25. The van der Waals surface area contributed by atoms with Gasteiger partial charge in [0.2, 0.25) is 11.7 Å². The Hall–Kier alpha value is -2.57. The highest BCUT2D eigenvalue weighted by Crippen LogP contribution is 2.38. The summed E-state index contributed by atoms with van der Waals surface area (Å²) in [7, 11) is 0. The summed E-state index contributed by atoms with van der Waals surface area (Å²) in [6, 6.07) is 6.45. The molecule has 7 nitrogen and oxygen atoms in total. The van der Waals surface area contributed by atoms with Crippen molar-refractivity contribution in [2.45, 2.75) is 75.4 Å². The van der Waals surface area contributed by atoms with Crippen LogP contribution in [0.3, 0.4) is 0 Å². The molecule has 0 radical (unpaired) electrons. The van der Waals surface area contributed by atoms with Crippen molar-refractivity contribution in [2.24, 2.45) is 0 Å². The van der Waals surface area contributed by atoms with E-state index in [9.17, 15) is 10.1 Å². The largest absolute Gasteiger partial charge is 0.461 e. The van der Waals surface area contributed by atoms with Crippen LogP contribution in [0.5, 0.6) is 0 Å². The van der Waals surface area contributed by atoms with Crippen LogP contribution in [-0.2, 0) is 17.6 Å². The molecular weight excluding hydrogens is 454 g/mol. The Morgan fingerprint density at radius 2 is 2.09 bits per heavy atom. The predicted molar refractivity (Wildman–Crippen MR) is 129 cm³/mol. The van der Waals surface area contributed by atoms with Crippen LogP contribution in [0.2, 0.25) is 0 Å². The summed E-state index contributed by atoms with van der Waals surface area (Å²) in [6.07, 6.45) is 12.1. The molecule has 1 saturated carbocycles. The van der Waals surface area contributed by atoms with Crippen LogP contribution in [0.25, 0.3) is 11.6 Å². The van der Waals surface area contributed by atoms with Crippen LogP contribution in [0.1, 0.15) is 73.4 Å². The standard InChI is InChI=1S/C24H27N5O2S2/c25-15-18-17-9-4-5-11-20(17)33-23(18)26-21(30)12-14-32-24-28-27-22(19-10-6-13-31-19)29(24)16-7-2-1-3-8-16/h6,10,13,16H,1-5,7-9,11-12,14H2,(H,26,30). The number of nitriles is 1. The van der Waals surface area contributed by atoms with Gasteiger partial charge >= 0.3 is 0 Å². The summed E-state index contributed by atoms with van der Waals surface area (Å²) >= 11 is 3.13. The fraction of sp³-hybridized carbons (Fsp3) is 0.500. The van der Waals surface area contributed by atoms with E-state index in [1.54, 1.807) is 29.4 Å². The molecule has 0 spiro atoms. The molecular formula is C24H27N5O2S2. The number of fused-ring (bicyclic) bond motifs is 1. The van der Waals surface area contributed by atoms with E-state index in [-0.39, 0.29) is 5.91 Å². The lowest BCUT2D eigenvalue weighted by atomic mass is 9.95. The first-order valence-electron chi connectivity index (χ1n) is 11.7. The molecule has 1 amide bonds. The molecule has 0 unspecified atom stereocenters. The first-order valence-corrected chi connectivity index (χ1v) is 13.5. The minimum atomic E-state index is -0.0624. The summed E-state index contributed by atoms with van der Waals surface area (Å²) in [5, 5.41) is 23.0. The van der Waals surface area contributed by atoms with Gasteiger partial charge in [0.25, 0.3) is 0 Å². The van der Waals surface area contributed by atoms with Crippen LogP contribution in [0.15, 0.2) is 28.0 Å². The number of amides is 1. The summed E-state index contributed by atoms with van der Waals surface area (Å²) in [4.78, 5) is 13.9. The van der Waals surface area contributed by atoms with E-state index in [2.05, 4.69) is 26.2 Å². The maximum Gasteiger partial charge on any atom is 0.225 e. The number of hydrogen-bond acceptors (Lipinski definition) is 7. The molecule has 3 aromatic rings. The molecule has 172 valence electrons. The predicted octanol–water partition coefficient (Wildman–Crippen LogP) is 5.98. The third-order valence-corrected chi connectivity index (χ3v) is 8.59. The van der Waals surface area contributed by atoms with Gasteiger partial charge in [-0.3, -0.25) is 9.36 Å². The van der Waals surface area contributed by atoms with Gasteiger partial charge in [-0.05, 0) is 56.2 Å². The second kappa shape index (κ2) is 10.1. The molecule has 0 atom stereocenters. The Labute approximate surface area is 201 Å². The highest BCUT2D eigenvalue weighted by Gasteiger charge is 2.25. The number of aryl methyl sites for hydroxylation is 1. The molecule has 2 aliphatic carbocycles. The van der Waals surface area contributed by atoms with Crippen molar-refractivity contribution in [2.75, 3.05) is 11.1 Å². The molecule has 0 bridgehead atoms. The first-order chi connectivity index (χ1) is 16.2. The number of carbonyl (C=O) groups is 1. The summed E-state index contributed by atoms with van der Waals surface area (Å²) in [5.41, 5.74) is 1.81. The number of thiophene rings is 1. The monoisotopic (exact) mass is 481 g/mol. The zero-order valence-electron chi connectivity index (χ0n) is 18.5. The van der Waals surface area contributed by atoms with Gasteiger partial charge < -0.3 is 9.73 Å². The summed E-state index contributed by atoms with van der Waals surface area (Å²) < 4.78 is 7.82. The van der Waals surface area contributed by atoms with Gasteiger partial charge in [0.15, 0.2) is 10.9 Å². The van der Waals surface area contributed by atoms with Gasteiger partial charge in [-0.1, -0.05) is 31.0 Å². The minimum absolute atomic E-state index is 0.0624. The Morgan fingerprint density at radius 1 is 1.24 bits per heavy atom. The van der Waals surface area contributed by atoms with Crippen molar-refractivity contribution in [3.63, 3.8) is 0 Å². The van der Waals surface area contributed by atoms with Crippen LogP contribution in [0, 0.1) is 11.3 Å². The molecule has 9 heteroatoms. The van der Waals surface area contributed by atoms with E-state index in [1.807, 2.05) is 12.1 Å². The number of furan rings is 1. The number of carbonyl (C=O) groups excluding carboxylic acids is 1. The van der Waals surface area contributed by atoms with E-state index >= 15 is 0 Å². The van der Waals surface area contributed by atoms with E-state index in [1.165, 1.54) is 24.1 Å². The zero-order valence-corrected chi connectivity index (χ0v) is 20.1. The van der Waals surface area contributed by atoms with Crippen molar-refractivity contribution in [1.82, 2.24) is 14.8 Å². The molecule has 0 saturated heterocycles. The number of thioether (sulfide) groups is 1. The number of aromatic nitrogens is 3. The molecule has 3 heterocycles. The normalized spacial score (nSPS) is 16.3. The maximum atomic E-state index is 12.7. The minimum Gasteiger partial charge on any atom is -0.461 e.